The minimum Gasteiger partial charge on any atom is -0.382 e. The molecule has 1 atom stereocenters. The van der Waals surface area contributed by atoms with Crippen LogP contribution in [0.4, 0.5) is 5.69 Å². The van der Waals surface area contributed by atoms with Crippen molar-refractivity contribution in [2.75, 3.05) is 5.32 Å². The number of hydrogen-bond donors (Lipinski definition) is 1. The third kappa shape index (κ3) is 2.19. The van der Waals surface area contributed by atoms with Gasteiger partial charge in [-0.2, -0.15) is 5.10 Å². The molecule has 21 heavy (non-hydrogen) atoms. The predicted octanol–water partition coefficient (Wildman–Crippen LogP) is 3.54. The number of fused-ring (bicyclic) bond motifs is 2. The van der Waals surface area contributed by atoms with Crippen molar-refractivity contribution in [3.05, 3.63) is 59.8 Å². The van der Waals surface area contributed by atoms with Gasteiger partial charge in [-0.3, -0.25) is 4.68 Å². The van der Waals surface area contributed by atoms with Gasteiger partial charge in [-0.1, -0.05) is 36.4 Å². The molecule has 1 aliphatic rings. The Hall–Kier alpha value is -2.29. The van der Waals surface area contributed by atoms with E-state index in [4.69, 9.17) is 5.10 Å². The van der Waals surface area contributed by atoms with E-state index in [-0.39, 0.29) is 0 Å². The maximum absolute atomic E-state index is 4.72. The highest BCUT2D eigenvalue weighted by Gasteiger charge is 2.19. The molecule has 3 aromatic rings. The van der Waals surface area contributed by atoms with Crippen LogP contribution in [0, 0.1) is 0 Å². The lowest BCUT2D eigenvalue weighted by Crippen LogP contribution is -2.27. The largest absolute Gasteiger partial charge is 0.382 e. The minimum absolute atomic E-state index is 0.471. The monoisotopic (exact) mass is 277 g/mol. The second-order valence-corrected chi connectivity index (χ2v) is 5.83. The van der Waals surface area contributed by atoms with Gasteiger partial charge in [-0.15, -0.1) is 0 Å². The van der Waals surface area contributed by atoms with Gasteiger partial charge in [0.15, 0.2) is 0 Å². The average Bonchev–Trinajstić information content (AvgIpc) is 2.84. The second-order valence-electron chi connectivity index (χ2n) is 5.83. The molecule has 3 heteroatoms. The molecule has 0 fully saturated rings. The van der Waals surface area contributed by atoms with Gasteiger partial charge in [0.1, 0.15) is 0 Å². The molecule has 1 aromatic heterocycles. The zero-order valence-corrected chi connectivity index (χ0v) is 12.2. The van der Waals surface area contributed by atoms with Gasteiger partial charge in [-0.25, -0.2) is 0 Å². The zero-order chi connectivity index (χ0) is 14.2. The van der Waals surface area contributed by atoms with Gasteiger partial charge >= 0.3 is 0 Å². The quantitative estimate of drug-likeness (QED) is 0.776. The number of nitrogens with zero attached hydrogens (tertiary/aromatic N) is 2. The van der Waals surface area contributed by atoms with E-state index in [1.165, 1.54) is 34.3 Å². The third-order valence-electron chi connectivity index (χ3n) is 4.41. The second kappa shape index (κ2) is 4.92. The molecule has 0 radical (unpaired) electrons. The predicted molar refractivity (Wildman–Crippen MR) is 86.6 cm³/mol. The van der Waals surface area contributed by atoms with Crippen LogP contribution in [0.3, 0.4) is 0 Å². The number of hydrogen-bond acceptors (Lipinski definition) is 2. The Morgan fingerprint density at radius 3 is 2.90 bits per heavy atom. The molecule has 0 amide bonds. The van der Waals surface area contributed by atoms with Crippen LogP contribution in [0.5, 0.6) is 0 Å². The third-order valence-corrected chi connectivity index (χ3v) is 4.41. The maximum Gasteiger partial charge on any atom is 0.0723 e. The smallest absolute Gasteiger partial charge is 0.0723 e. The van der Waals surface area contributed by atoms with Crippen LogP contribution in [0.25, 0.3) is 10.9 Å². The fourth-order valence-electron chi connectivity index (χ4n) is 3.33. The molecule has 1 aliphatic heterocycles. The summed E-state index contributed by atoms with van der Waals surface area (Å²) >= 11 is 0. The summed E-state index contributed by atoms with van der Waals surface area (Å²) in [6, 6.07) is 17.6. The van der Waals surface area contributed by atoms with Gasteiger partial charge in [0.2, 0.25) is 0 Å². The summed E-state index contributed by atoms with van der Waals surface area (Å²) in [5.74, 6) is 0. The summed E-state index contributed by atoms with van der Waals surface area (Å²) in [5, 5.41) is 9.67. The van der Waals surface area contributed by atoms with Crippen molar-refractivity contribution in [2.24, 2.45) is 7.05 Å². The van der Waals surface area contributed by atoms with E-state index in [9.17, 15) is 0 Å². The van der Waals surface area contributed by atoms with Crippen molar-refractivity contribution in [1.82, 2.24) is 9.78 Å². The topological polar surface area (TPSA) is 29.9 Å². The Morgan fingerprint density at radius 1 is 1.14 bits per heavy atom. The molecule has 106 valence electrons. The summed E-state index contributed by atoms with van der Waals surface area (Å²) in [6.45, 7) is 0. The number of rotatable bonds is 2. The molecule has 1 N–H and O–H groups in total. The van der Waals surface area contributed by atoms with E-state index in [0.717, 1.165) is 12.8 Å². The molecule has 3 nitrogen and oxygen atoms in total. The highest BCUT2D eigenvalue weighted by Crippen LogP contribution is 2.27. The average molecular weight is 277 g/mol. The van der Waals surface area contributed by atoms with Crippen LogP contribution in [0.1, 0.15) is 17.7 Å². The molecule has 2 aromatic carbocycles. The van der Waals surface area contributed by atoms with E-state index >= 15 is 0 Å². The van der Waals surface area contributed by atoms with E-state index in [0.29, 0.717) is 6.04 Å². The first-order chi connectivity index (χ1) is 10.3. The molecular formula is C18H19N3. The van der Waals surface area contributed by atoms with Crippen molar-refractivity contribution in [3.8, 4) is 0 Å². The van der Waals surface area contributed by atoms with Crippen LogP contribution in [0.15, 0.2) is 48.5 Å². The van der Waals surface area contributed by atoms with E-state index in [1.807, 2.05) is 11.7 Å². The summed E-state index contributed by atoms with van der Waals surface area (Å²) in [5.41, 5.74) is 5.13. The fourth-order valence-corrected chi connectivity index (χ4v) is 3.33. The number of nitrogens with one attached hydrogen (secondary N) is 1. The lowest BCUT2D eigenvalue weighted by Gasteiger charge is -2.26. The van der Waals surface area contributed by atoms with E-state index in [2.05, 4.69) is 53.8 Å². The molecule has 0 saturated carbocycles. The Kier molecular flexibility index (Phi) is 2.92. The standard InChI is InChI=1S/C18H19N3/c1-21-18-9-5-3-7-15(18)17(20-21)12-14-11-10-13-6-2-4-8-16(13)19-14/h2-9,14,19H,10-12H2,1H3. The molecule has 0 aliphatic carbocycles. The first-order valence-corrected chi connectivity index (χ1v) is 7.56. The highest BCUT2D eigenvalue weighted by atomic mass is 15.3. The summed E-state index contributed by atoms with van der Waals surface area (Å²) < 4.78 is 1.99. The Balaban J connectivity index is 1.62. The Labute approximate surface area is 124 Å². The zero-order valence-electron chi connectivity index (χ0n) is 12.2. The molecular weight excluding hydrogens is 258 g/mol. The molecule has 0 saturated heterocycles. The number of aryl methyl sites for hydroxylation is 2. The normalized spacial score (nSPS) is 17.5. The van der Waals surface area contributed by atoms with Gasteiger partial charge < -0.3 is 5.32 Å². The van der Waals surface area contributed by atoms with Crippen molar-refractivity contribution in [2.45, 2.75) is 25.3 Å². The summed E-state index contributed by atoms with van der Waals surface area (Å²) in [6.07, 6.45) is 3.30. The van der Waals surface area contributed by atoms with Crippen molar-refractivity contribution in [3.63, 3.8) is 0 Å². The summed E-state index contributed by atoms with van der Waals surface area (Å²) in [7, 11) is 2.02. The van der Waals surface area contributed by atoms with Gasteiger partial charge in [0, 0.05) is 30.6 Å². The number of aromatic nitrogens is 2. The first-order valence-electron chi connectivity index (χ1n) is 7.56. The van der Waals surface area contributed by atoms with Crippen LogP contribution in [-0.2, 0) is 19.9 Å². The van der Waals surface area contributed by atoms with Crippen LogP contribution in [0.2, 0.25) is 0 Å². The molecule has 0 spiro atoms. The molecule has 1 unspecified atom stereocenters. The van der Waals surface area contributed by atoms with Gasteiger partial charge in [-0.05, 0) is 30.5 Å². The summed E-state index contributed by atoms with van der Waals surface area (Å²) in [4.78, 5) is 0. The lowest BCUT2D eigenvalue weighted by atomic mass is 9.95. The fraction of sp³-hybridized carbons (Fsp3) is 0.278. The van der Waals surface area contributed by atoms with Crippen molar-refractivity contribution < 1.29 is 0 Å². The molecule has 4 rings (SSSR count). The highest BCUT2D eigenvalue weighted by molar-refractivity contribution is 5.82. The number of anilines is 1. The van der Waals surface area contributed by atoms with Crippen LogP contribution in [-0.4, -0.2) is 15.8 Å². The Morgan fingerprint density at radius 2 is 1.95 bits per heavy atom. The lowest BCUT2D eigenvalue weighted by molar-refractivity contribution is 0.614. The van der Waals surface area contributed by atoms with Crippen molar-refractivity contribution >= 4 is 16.6 Å². The molecule has 2 heterocycles. The van der Waals surface area contributed by atoms with E-state index < -0.39 is 0 Å². The molecule has 0 bridgehead atoms. The SMILES string of the molecule is Cn1nc(CC2CCc3ccccc3N2)c2ccccc21. The van der Waals surface area contributed by atoms with Gasteiger partial charge in [0.05, 0.1) is 11.2 Å². The van der Waals surface area contributed by atoms with Crippen molar-refractivity contribution in [1.29, 1.82) is 0 Å². The van der Waals surface area contributed by atoms with Crippen LogP contribution >= 0.6 is 0 Å². The minimum atomic E-state index is 0.471. The first kappa shape index (κ1) is 12.5. The van der Waals surface area contributed by atoms with Gasteiger partial charge in [0.25, 0.3) is 0 Å². The number of para-hydroxylation sites is 2. The van der Waals surface area contributed by atoms with Crippen LogP contribution < -0.4 is 5.32 Å². The number of benzene rings is 2. The maximum atomic E-state index is 4.72. The van der Waals surface area contributed by atoms with E-state index in [1.54, 1.807) is 0 Å². The Bertz CT molecular complexity index is 788.